The second-order valence-corrected chi connectivity index (χ2v) is 4.80. The molecular weight excluding hydrogens is 283 g/mol. The van der Waals surface area contributed by atoms with E-state index >= 15 is 0 Å². The van der Waals surface area contributed by atoms with Crippen molar-refractivity contribution in [1.82, 2.24) is 4.98 Å². The van der Waals surface area contributed by atoms with Crippen LogP contribution >= 0.6 is 23.2 Å². The van der Waals surface area contributed by atoms with E-state index < -0.39 is 0 Å². The Kier molecular flexibility index (Phi) is 4.88. The number of ether oxygens (including phenoxy) is 1. The summed E-state index contributed by atoms with van der Waals surface area (Å²) in [5.74, 6) is 2.13. The van der Waals surface area contributed by atoms with Crippen LogP contribution in [0.15, 0.2) is 36.5 Å². The Morgan fingerprint density at radius 1 is 1.11 bits per heavy atom. The monoisotopic (exact) mass is 296 g/mol. The quantitative estimate of drug-likeness (QED) is 0.843. The van der Waals surface area contributed by atoms with Crippen LogP contribution in [0.1, 0.15) is 13.3 Å². The number of benzene rings is 1. The molecule has 2 rings (SSSR count). The van der Waals surface area contributed by atoms with Crippen molar-refractivity contribution in [2.24, 2.45) is 0 Å². The molecule has 0 aliphatic carbocycles. The second-order valence-electron chi connectivity index (χ2n) is 3.98. The van der Waals surface area contributed by atoms with Gasteiger partial charge in [0.2, 0.25) is 0 Å². The van der Waals surface area contributed by atoms with Crippen molar-refractivity contribution < 1.29 is 4.74 Å². The molecule has 0 fully saturated rings. The second kappa shape index (κ2) is 6.64. The third kappa shape index (κ3) is 4.01. The van der Waals surface area contributed by atoms with Gasteiger partial charge in [0.05, 0.1) is 10.0 Å². The lowest BCUT2D eigenvalue weighted by atomic mass is 10.3. The highest BCUT2D eigenvalue weighted by molar-refractivity contribution is 6.42. The van der Waals surface area contributed by atoms with Crippen molar-refractivity contribution in [3.05, 3.63) is 46.6 Å². The summed E-state index contributed by atoms with van der Waals surface area (Å²) in [7, 11) is 0. The molecule has 0 unspecified atom stereocenters. The number of nitrogens with zero attached hydrogens (tertiary/aromatic N) is 1. The lowest BCUT2D eigenvalue weighted by Crippen LogP contribution is -2.01. The van der Waals surface area contributed by atoms with Crippen LogP contribution in [0.3, 0.4) is 0 Å². The van der Waals surface area contributed by atoms with Crippen molar-refractivity contribution >= 4 is 29.0 Å². The predicted molar refractivity (Wildman–Crippen MR) is 79.6 cm³/mol. The van der Waals surface area contributed by atoms with Crippen LogP contribution < -0.4 is 10.1 Å². The number of halogens is 2. The largest absolute Gasteiger partial charge is 0.457 e. The van der Waals surface area contributed by atoms with Gasteiger partial charge in [-0.3, -0.25) is 0 Å². The molecule has 19 heavy (non-hydrogen) atoms. The summed E-state index contributed by atoms with van der Waals surface area (Å²) in [5, 5.41) is 4.18. The van der Waals surface area contributed by atoms with E-state index in [0.29, 0.717) is 21.5 Å². The third-order valence-electron chi connectivity index (χ3n) is 2.41. The van der Waals surface area contributed by atoms with Gasteiger partial charge >= 0.3 is 0 Å². The van der Waals surface area contributed by atoms with Crippen molar-refractivity contribution in [3.63, 3.8) is 0 Å². The Morgan fingerprint density at radius 3 is 2.63 bits per heavy atom. The lowest BCUT2D eigenvalue weighted by molar-refractivity contribution is 0.482. The summed E-state index contributed by atoms with van der Waals surface area (Å²) < 4.78 is 5.71. The standard InChI is InChI=1S/C14H14Cl2N2O/c1-2-6-17-14-9-11(5-7-18-14)19-10-3-4-12(15)13(16)8-10/h3-5,7-9H,2,6H2,1H3,(H,17,18). The summed E-state index contributed by atoms with van der Waals surface area (Å²) in [6.45, 7) is 2.98. The van der Waals surface area contributed by atoms with E-state index in [0.717, 1.165) is 18.8 Å². The van der Waals surface area contributed by atoms with E-state index in [1.165, 1.54) is 0 Å². The first-order valence-corrected chi connectivity index (χ1v) is 6.77. The zero-order valence-corrected chi connectivity index (χ0v) is 12.0. The smallest absolute Gasteiger partial charge is 0.132 e. The van der Waals surface area contributed by atoms with Gasteiger partial charge in [0.15, 0.2) is 0 Å². The van der Waals surface area contributed by atoms with Gasteiger partial charge in [-0.15, -0.1) is 0 Å². The highest BCUT2D eigenvalue weighted by atomic mass is 35.5. The van der Waals surface area contributed by atoms with Crippen LogP contribution in [0, 0.1) is 0 Å². The number of hydrogen-bond acceptors (Lipinski definition) is 3. The van der Waals surface area contributed by atoms with Crippen molar-refractivity contribution in [2.45, 2.75) is 13.3 Å². The van der Waals surface area contributed by atoms with E-state index in [2.05, 4.69) is 17.2 Å². The summed E-state index contributed by atoms with van der Waals surface area (Å²) in [4.78, 5) is 4.21. The summed E-state index contributed by atoms with van der Waals surface area (Å²) >= 11 is 11.8. The number of rotatable bonds is 5. The Labute approximate surface area is 122 Å². The molecular formula is C14H14Cl2N2O. The molecule has 1 aromatic heterocycles. The van der Waals surface area contributed by atoms with Gasteiger partial charge in [0.1, 0.15) is 17.3 Å². The molecule has 1 heterocycles. The van der Waals surface area contributed by atoms with Gasteiger partial charge in [-0.25, -0.2) is 4.98 Å². The first-order valence-electron chi connectivity index (χ1n) is 6.02. The molecule has 0 saturated carbocycles. The average molecular weight is 297 g/mol. The lowest BCUT2D eigenvalue weighted by Gasteiger charge is -2.08. The predicted octanol–water partition coefficient (Wildman–Crippen LogP) is 5.00. The minimum absolute atomic E-state index is 0.470. The minimum Gasteiger partial charge on any atom is -0.457 e. The zero-order valence-electron chi connectivity index (χ0n) is 10.5. The first-order chi connectivity index (χ1) is 9.19. The zero-order chi connectivity index (χ0) is 13.7. The maximum absolute atomic E-state index is 5.94. The van der Waals surface area contributed by atoms with E-state index in [-0.39, 0.29) is 0 Å². The van der Waals surface area contributed by atoms with Gasteiger partial charge in [-0.2, -0.15) is 0 Å². The highest BCUT2D eigenvalue weighted by Crippen LogP contribution is 2.29. The van der Waals surface area contributed by atoms with Gasteiger partial charge in [0.25, 0.3) is 0 Å². The number of anilines is 1. The van der Waals surface area contributed by atoms with Crippen LogP contribution in [-0.2, 0) is 0 Å². The SMILES string of the molecule is CCCNc1cc(Oc2ccc(Cl)c(Cl)c2)ccn1. The van der Waals surface area contributed by atoms with Crippen LogP contribution in [0.4, 0.5) is 5.82 Å². The van der Waals surface area contributed by atoms with E-state index in [1.807, 2.05) is 6.07 Å². The van der Waals surface area contributed by atoms with Crippen molar-refractivity contribution in [1.29, 1.82) is 0 Å². The van der Waals surface area contributed by atoms with Crippen LogP contribution in [0.5, 0.6) is 11.5 Å². The number of nitrogens with one attached hydrogen (secondary N) is 1. The average Bonchev–Trinajstić information content (AvgIpc) is 2.41. The first kappa shape index (κ1) is 14.0. The Balaban J connectivity index is 2.11. The highest BCUT2D eigenvalue weighted by Gasteiger charge is 2.03. The Bertz CT molecular complexity index is 561. The van der Waals surface area contributed by atoms with Crippen molar-refractivity contribution in [3.8, 4) is 11.5 Å². The summed E-state index contributed by atoms with van der Waals surface area (Å²) in [5.41, 5.74) is 0. The molecule has 100 valence electrons. The minimum atomic E-state index is 0.470. The maximum Gasteiger partial charge on any atom is 0.132 e. The molecule has 1 N–H and O–H groups in total. The molecule has 1 aromatic carbocycles. The molecule has 0 radical (unpaired) electrons. The molecule has 0 aliphatic rings. The molecule has 0 saturated heterocycles. The molecule has 0 atom stereocenters. The fourth-order valence-electron chi connectivity index (χ4n) is 1.50. The molecule has 3 nitrogen and oxygen atoms in total. The summed E-state index contributed by atoms with van der Waals surface area (Å²) in [6.07, 6.45) is 2.74. The molecule has 5 heteroatoms. The third-order valence-corrected chi connectivity index (χ3v) is 3.15. The fourth-order valence-corrected chi connectivity index (χ4v) is 1.79. The van der Waals surface area contributed by atoms with Gasteiger partial charge in [-0.05, 0) is 24.6 Å². The Morgan fingerprint density at radius 2 is 1.89 bits per heavy atom. The molecule has 0 aliphatic heterocycles. The molecule has 2 aromatic rings. The maximum atomic E-state index is 5.94. The van der Waals surface area contributed by atoms with E-state index in [4.69, 9.17) is 27.9 Å². The molecule has 0 spiro atoms. The number of aromatic nitrogens is 1. The number of hydrogen-bond donors (Lipinski definition) is 1. The normalized spacial score (nSPS) is 10.3. The van der Waals surface area contributed by atoms with Gasteiger partial charge < -0.3 is 10.1 Å². The Hall–Kier alpha value is -1.45. The van der Waals surface area contributed by atoms with Gasteiger partial charge in [-0.1, -0.05) is 30.1 Å². The summed E-state index contributed by atoms with van der Waals surface area (Å²) in [6, 6.07) is 8.80. The van der Waals surface area contributed by atoms with Crippen LogP contribution in [0.2, 0.25) is 10.0 Å². The number of pyridine rings is 1. The van der Waals surface area contributed by atoms with Crippen LogP contribution in [0.25, 0.3) is 0 Å². The molecule has 0 amide bonds. The van der Waals surface area contributed by atoms with E-state index in [9.17, 15) is 0 Å². The van der Waals surface area contributed by atoms with Crippen molar-refractivity contribution in [2.75, 3.05) is 11.9 Å². The molecule has 0 bridgehead atoms. The fraction of sp³-hybridized carbons (Fsp3) is 0.214. The van der Waals surface area contributed by atoms with Crippen LogP contribution in [-0.4, -0.2) is 11.5 Å². The van der Waals surface area contributed by atoms with Gasteiger partial charge in [0, 0.05) is 24.9 Å². The topological polar surface area (TPSA) is 34.1 Å². The van der Waals surface area contributed by atoms with E-state index in [1.54, 1.807) is 30.5 Å².